The highest BCUT2D eigenvalue weighted by Crippen LogP contribution is 2.42. The molecule has 9 aromatic carbocycles. The predicted molar refractivity (Wildman–Crippen MR) is 229 cm³/mol. The molecule has 10 rings (SSSR count). The summed E-state index contributed by atoms with van der Waals surface area (Å²) in [4.78, 5) is 0.905. The molecule has 0 aliphatic rings. The largest absolute Gasteiger partial charge is 0.310 e. The van der Waals surface area contributed by atoms with E-state index in [9.17, 15) is 16.4 Å². The summed E-state index contributed by atoms with van der Waals surface area (Å²) >= 11 is 0. The molecule has 2 nitrogen and oxygen atoms in total. The summed E-state index contributed by atoms with van der Waals surface area (Å²) in [5.41, 5.74) is 1.72. The predicted octanol–water partition coefficient (Wildman–Crippen LogP) is 14.4. The highest BCUT2D eigenvalue weighted by Gasteiger charge is 2.18. The van der Waals surface area contributed by atoms with Crippen molar-refractivity contribution in [1.82, 2.24) is 4.57 Å². The van der Waals surface area contributed by atoms with E-state index in [1.807, 2.05) is 84.9 Å². The molecular formula is C52H36N2. The van der Waals surface area contributed by atoms with Gasteiger partial charge in [0.2, 0.25) is 0 Å². The summed E-state index contributed by atoms with van der Waals surface area (Å²) in [6.07, 6.45) is 0. The maximum Gasteiger partial charge on any atom is 0.0651 e. The van der Waals surface area contributed by atoms with Gasteiger partial charge in [-0.3, -0.25) is 0 Å². The van der Waals surface area contributed by atoms with Crippen LogP contribution in [0.15, 0.2) is 218 Å². The van der Waals surface area contributed by atoms with Gasteiger partial charge in [-0.25, -0.2) is 0 Å². The molecule has 54 heavy (non-hydrogen) atoms. The Kier molecular flexibility index (Phi) is 5.32. The maximum absolute atomic E-state index is 10.1. The van der Waals surface area contributed by atoms with Crippen molar-refractivity contribution in [3.05, 3.63) is 218 Å². The van der Waals surface area contributed by atoms with Crippen molar-refractivity contribution in [2.45, 2.75) is 0 Å². The zero-order valence-corrected chi connectivity index (χ0v) is 28.8. The Morgan fingerprint density at radius 1 is 0.389 bits per heavy atom. The van der Waals surface area contributed by atoms with Crippen LogP contribution in [0.5, 0.6) is 0 Å². The van der Waals surface area contributed by atoms with Crippen LogP contribution in [0.2, 0.25) is 0 Å². The summed E-state index contributed by atoms with van der Waals surface area (Å²) in [7, 11) is 0. The van der Waals surface area contributed by atoms with Crippen molar-refractivity contribution in [3.63, 3.8) is 0 Å². The van der Waals surface area contributed by atoms with E-state index in [4.69, 9.17) is 0 Å². The number of rotatable bonds is 7. The monoisotopic (exact) mass is 700 g/mol. The van der Waals surface area contributed by atoms with Crippen LogP contribution < -0.4 is 4.90 Å². The van der Waals surface area contributed by atoms with Gasteiger partial charge in [-0.05, 0) is 105 Å². The second-order valence-corrected chi connectivity index (χ2v) is 12.8. The molecule has 0 saturated carbocycles. The number of fused-ring (bicyclic) bond motifs is 4. The van der Waals surface area contributed by atoms with Gasteiger partial charge in [-0.15, -0.1) is 0 Å². The van der Waals surface area contributed by atoms with Crippen LogP contribution in [0, 0.1) is 0 Å². The van der Waals surface area contributed by atoms with E-state index in [0.29, 0.717) is 27.5 Å². The molecule has 0 aliphatic carbocycles. The lowest BCUT2D eigenvalue weighted by Crippen LogP contribution is -2.10. The molecular weight excluding hydrogens is 653 g/mol. The Labute approximate surface area is 332 Å². The fourth-order valence-corrected chi connectivity index (χ4v) is 7.16. The molecule has 254 valence electrons. The van der Waals surface area contributed by atoms with Crippen molar-refractivity contribution in [2.75, 3.05) is 4.90 Å². The fraction of sp³-hybridized carbons (Fsp3) is 0. The summed E-state index contributed by atoms with van der Waals surface area (Å²) in [5.74, 6) is 0. The van der Waals surface area contributed by atoms with E-state index in [0.717, 1.165) is 32.4 Å². The average Bonchev–Trinajstić information content (AvgIpc) is 3.68. The first kappa shape index (κ1) is 21.4. The molecule has 0 spiro atoms. The fourth-order valence-electron chi connectivity index (χ4n) is 7.16. The topological polar surface area (TPSA) is 8.17 Å². The van der Waals surface area contributed by atoms with E-state index in [1.54, 1.807) is 60.7 Å². The first-order valence-electron chi connectivity index (χ1n) is 23.6. The third-order valence-electron chi connectivity index (χ3n) is 9.61. The number of para-hydroxylation sites is 2. The molecule has 0 unspecified atom stereocenters. The number of benzene rings is 9. The van der Waals surface area contributed by atoms with E-state index < -0.39 is 89.6 Å². The molecule has 1 heterocycles. The Morgan fingerprint density at radius 2 is 0.981 bits per heavy atom. The van der Waals surface area contributed by atoms with Crippen LogP contribution in [-0.2, 0) is 0 Å². The standard InChI is InChI=1S/C52H36N2/c1-3-14-37(15-4-1)38-28-32-43(33-29-38)53(44-34-30-40(31-35-44)47-24-12-17-39-16-7-8-22-46(39)47)45-21-11-18-41(36-45)48-25-13-27-51-52(48)49-23-9-10-26-50(49)54(51)42-19-5-2-6-20-42/h1-36H/i11D,18D,21D,28D,29D,30D,31D,32D,33D,34D,35D,36D. The van der Waals surface area contributed by atoms with Crippen LogP contribution in [0.4, 0.5) is 17.1 Å². The lowest BCUT2D eigenvalue weighted by Gasteiger charge is -2.26. The molecule has 0 saturated heterocycles. The Bertz CT molecular complexity index is 3560. The van der Waals surface area contributed by atoms with Gasteiger partial charge >= 0.3 is 0 Å². The molecule has 0 N–H and O–H groups in total. The quantitative estimate of drug-likeness (QED) is 0.161. The molecule has 2 heteroatoms. The zero-order chi connectivity index (χ0) is 46.3. The van der Waals surface area contributed by atoms with E-state index >= 15 is 0 Å². The SMILES string of the molecule is [2H]c1c([2H])c(-c2cccc3c2c2ccccc2n3-c2ccccc2)c([2H])c(N(c2c([2H])c([2H])c(-c3ccccc3)c([2H])c2[2H])c2c([2H])c([2H])c(-c3cccc4ccccc34)c([2H])c2[2H])c1[2H]. The lowest BCUT2D eigenvalue weighted by atomic mass is 9.97. The van der Waals surface area contributed by atoms with Crippen molar-refractivity contribution >= 4 is 49.6 Å². The van der Waals surface area contributed by atoms with Gasteiger partial charge in [0, 0.05) is 33.5 Å². The van der Waals surface area contributed by atoms with Gasteiger partial charge in [0.05, 0.1) is 27.5 Å². The second-order valence-electron chi connectivity index (χ2n) is 12.8. The average molecular weight is 701 g/mol. The summed E-state index contributed by atoms with van der Waals surface area (Å²) < 4.78 is 116. The molecule has 0 fully saturated rings. The van der Waals surface area contributed by atoms with Gasteiger partial charge in [0.1, 0.15) is 0 Å². The summed E-state index contributed by atoms with van der Waals surface area (Å²) in [5, 5.41) is 2.87. The minimum absolute atomic E-state index is 0.0356. The minimum Gasteiger partial charge on any atom is -0.310 e. The highest BCUT2D eigenvalue weighted by molar-refractivity contribution is 6.16. The number of hydrogen-bond acceptors (Lipinski definition) is 1. The van der Waals surface area contributed by atoms with E-state index in [-0.39, 0.29) is 16.7 Å². The summed E-state index contributed by atoms with van der Waals surface area (Å²) in [6, 6.07) is 36.8. The van der Waals surface area contributed by atoms with Gasteiger partial charge in [-0.2, -0.15) is 0 Å². The van der Waals surface area contributed by atoms with Gasteiger partial charge in [0.25, 0.3) is 0 Å². The first-order chi connectivity index (χ1) is 31.8. The van der Waals surface area contributed by atoms with Crippen molar-refractivity contribution in [3.8, 4) is 39.1 Å². The Balaban J connectivity index is 1.33. The van der Waals surface area contributed by atoms with Gasteiger partial charge in [-0.1, -0.05) is 158 Å². The summed E-state index contributed by atoms with van der Waals surface area (Å²) in [6.45, 7) is 0. The van der Waals surface area contributed by atoms with Gasteiger partial charge in [0.15, 0.2) is 0 Å². The Morgan fingerprint density at radius 3 is 1.76 bits per heavy atom. The number of anilines is 3. The minimum atomic E-state index is -0.730. The Hall–Kier alpha value is -7.16. The molecule has 0 radical (unpaired) electrons. The van der Waals surface area contributed by atoms with E-state index in [2.05, 4.69) is 4.57 Å². The molecule has 0 aliphatic heterocycles. The number of hydrogen-bond donors (Lipinski definition) is 0. The smallest absolute Gasteiger partial charge is 0.0651 e. The highest BCUT2D eigenvalue weighted by atomic mass is 15.1. The van der Waals surface area contributed by atoms with Crippen LogP contribution in [-0.4, -0.2) is 4.57 Å². The third-order valence-corrected chi connectivity index (χ3v) is 9.61. The number of nitrogens with zero attached hydrogens (tertiary/aromatic N) is 2. The first-order valence-corrected chi connectivity index (χ1v) is 17.6. The molecule has 1 aromatic heterocycles. The van der Waals surface area contributed by atoms with Crippen molar-refractivity contribution in [1.29, 1.82) is 0 Å². The lowest BCUT2D eigenvalue weighted by molar-refractivity contribution is 1.18. The number of aromatic nitrogens is 1. The van der Waals surface area contributed by atoms with Gasteiger partial charge < -0.3 is 9.47 Å². The molecule has 0 amide bonds. The van der Waals surface area contributed by atoms with Crippen molar-refractivity contribution in [2.24, 2.45) is 0 Å². The van der Waals surface area contributed by atoms with Crippen LogP contribution in [0.25, 0.3) is 71.6 Å². The van der Waals surface area contributed by atoms with E-state index in [1.165, 1.54) is 0 Å². The van der Waals surface area contributed by atoms with Crippen LogP contribution in [0.3, 0.4) is 0 Å². The molecule has 0 bridgehead atoms. The maximum atomic E-state index is 10.1. The normalized spacial score (nSPS) is 14.4. The zero-order valence-electron chi connectivity index (χ0n) is 40.8. The van der Waals surface area contributed by atoms with Crippen molar-refractivity contribution < 1.29 is 16.4 Å². The van der Waals surface area contributed by atoms with Crippen LogP contribution >= 0.6 is 0 Å². The molecule has 0 atom stereocenters. The third kappa shape index (κ3) is 5.53. The molecule has 10 aromatic rings. The van der Waals surface area contributed by atoms with Crippen LogP contribution in [0.1, 0.15) is 16.4 Å². The second kappa shape index (κ2) is 13.4.